The first-order valence-electron chi connectivity index (χ1n) is 9.98. The second kappa shape index (κ2) is 6.81. The van der Waals surface area contributed by atoms with E-state index in [4.69, 9.17) is 4.74 Å². The van der Waals surface area contributed by atoms with Crippen LogP contribution in [-0.2, 0) is 9.59 Å². The molecular weight excluding hydrogens is 368 g/mol. The number of hydrogen-bond acceptors (Lipinski definition) is 5. The van der Waals surface area contributed by atoms with E-state index in [9.17, 15) is 14.4 Å². The number of benzene rings is 2. The summed E-state index contributed by atoms with van der Waals surface area (Å²) in [6.07, 6.45) is 1.78. The van der Waals surface area contributed by atoms with Gasteiger partial charge in [0, 0.05) is 11.6 Å². The van der Waals surface area contributed by atoms with Crippen LogP contribution >= 0.6 is 0 Å². The van der Waals surface area contributed by atoms with Gasteiger partial charge in [0.2, 0.25) is 11.8 Å². The zero-order chi connectivity index (χ0) is 20.1. The van der Waals surface area contributed by atoms with E-state index in [0.717, 1.165) is 19.4 Å². The molecule has 5 rings (SSSR count). The van der Waals surface area contributed by atoms with Crippen LogP contribution in [0.3, 0.4) is 0 Å². The van der Waals surface area contributed by atoms with Gasteiger partial charge in [0.25, 0.3) is 0 Å². The van der Waals surface area contributed by atoms with Crippen LogP contribution in [0.25, 0.3) is 0 Å². The van der Waals surface area contributed by atoms with Crippen molar-refractivity contribution in [1.29, 1.82) is 0 Å². The van der Waals surface area contributed by atoms with Gasteiger partial charge in [-0.1, -0.05) is 30.3 Å². The van der Waals surface area contributed by atoms with Gasteiger partial charge in [0.05, 0.1) is 30.7 Å². The molecule has 2 aromatic rings. The Labute approximate surface area is 169 Å². The van der Waals surface area contributed by atoms with Crippen molar-refractivity contribution < 1.29 is 19.1 Å². The highest BCUT2D eigenvalue weighted by atomic mass is 16.5. The quantitative estimate of drug-likeness (QED) is 0.593. The Morgan fingerprint density at radius 2 is 1.66 bits per heavy atom. The van der Waals surface area contributed by atoms with Crippen molar-refractivity contribution in [2.45, 2.75) is 24.9 Å². The van der Waals surface area contributed by atoms with Crippen molar-refractivity contribution in [3.05, 3.63) is 60.2 Å². The fourth-order valence-electron chi connectivity index (χ4n) is 5.27. The molecule has 3 aliphatic rings. The predicted molar refractivity (Wildman–Crippen MR) is 107 cm³/mol. The molecule has 6 heteroatoms. The summed E-state index contributed by atoms with van der Waals surface area (Å²) in [7, 11) is 1.57. The van der Waals surface area contributed by atoms with E-state index in [1.165, 1.54) is 4.90 Å². The first-order chi connectivity index (χ1) is 14.1. The average molecular weight is 390 g/mol. The Morgan fingerprint density at radius 1 is 0.966 bits per heavy atom. The fourth-order valence-corrected chi connectivity index (χ4v) is 5.27. The summed E-state index contributed by atoms with van der Waals surface area (Å²) < 4.78 is 5.17. The topological polar surface area (TPSA) is 66.9 Å². The normalized spacial score (nSPS) is 28.5. The minimum absolute atomic E-state index is 0.0441. The van der Waals surface area contributed by atoms with Crippen molar-refractivity contribution in [2.24, 2.45) is 11.8 Å². The number of ether oxygens (including phenoxy) is 1. The van der Waals surface area contributed by atoms with Crippen molar-refractivity contribution >= 4 is 23.3 Å². The molecule has 3 saturated heterocycles. The van der Waals surface area contributed by atoms with Gasteiger partial charge in [-0.05, 0) is 43.7 Å². The Bertz CT molecular complexity index is 972. The maximum absolute atomic E-state index is 13.4. The molecule has 6 nitrogen and oxygen atoms in total. The fraction of sp³-hybridized carbons (Fsp3) is 0.348. The first kappa shape index (κ1) is 18.1. The van der Waals surface area contributed by atoms with Crippen LogP contribution in [0.15, 0.2) is 54.6 Å². The van der Waals surface area contributed by atoms with Gasteiger partial charge in [0.1, 0.15) is 5.75 Å². The highest BCUT2D eigenvalue weighted by Crippen LogP contribution is 2.48. The summed E-state index contributed by atoms with van der Waals surface area (Å²) in [5, 5.41) is 0. The second-order valence-corrected chi connectivity index (χ2v) is 7.88. The Balaban J connectivity index is 1.53. The molecule has 3 fully saturated rings. The van der Waals surface area contributed by atoms with Gasteiger partial charge in [0.15, 0.2) is 5.78 Å². The number of ketones is 1. The maximum Gasteiger partial charge on any atom is 0.239 e. The second-order valence-electron chi connectivity index (χ2n) is 7.88. The molecule has 2 aromatic carbocycles. The highest BCUT2D eigenvalue weighted by molar-refractivity contribution is 6.24. The van der Waals surface area contributed by atoms with E-state index in [0.29, 0.717) is 17.0 Å². The van der Waals surface area contributed by atoms with Gasteiger partial charge in [-0.3, -0.25) is 19.3 Å². The lowest BCUT2D eigenvalue weighted by Crippen LogP contribution is -2.46. The third kappa shape index (κ3) is 2.63. The molecule has 0 aliphatic carbocycles. The Hall–Kier alpha value is -2.99. The zero-order valence-electron chi connectivity index (χ0n) is 16.2. The van der Waals surface area contributed by atoms with Crippen molar-refractivity contribution in [3.8, 4) is 5.75 Å². The van der Waals surface area contributed by atoms with E-state index in [2.05, 4.69) is 4.90 Å². The van der Waals surface area contributed by atoms with Crippen molar-refractivity contribution in [1.82, 2.24) is 4.90 Å². The van der Waals surface area contributed by atoms with E-state index in [1.807, 2.05) is 18.2 Å². The summed E-state index contributed by atoms with van der Waals surface area (Å²) in [4.78, 5) is 43.5. The molecule has 0 aromatic heterocycles. The number of nitrogens with zero attached hydrogens (tertiary/aromatic N) is 2. The van der Waals surface area contributed by atoms with Crippen LogP contribution in [0.1, 0.15) is 23.2 Å². The molecule has 29 heavy (non-hydrogen) atoms. The van der Waals surface area contributed by atoms with Crippen LogP contribution < -0.4 is 9.64 Å². The van der Waals surface area contributed by atoms with E-state index in [1.54, 1.807) is 43.5 Å². The molecule has 3 aliphatic heterocycles. The summed E-state index contributed by atoms with van der Waals surface area (Å²) >= 11 is 0. The molecule has 0 radical (unpaired) electrons. The number of carbonyl (C=O) groups is 3. The lowest BCUT2D eigenvalue weighted by molar-refractivity contribution is -0.123. The molecule has 0 unspecified atom stereocenters. The smallest absolute Gasteiger partial charge is 0.239 e. The molecule has 148 valence electrons. The van der Waals surface area contributed by atoms with E-state index >= 15 is 0 Å². The summed E-state index contributed by atoms with van der Waals surface area (Å²) in [6, 6.07) is 15.4. The number of rotatable bonds is 4. The number of fused-ring (bicyclic) bond motifs is 3. The van der Waals surface area contributed by atoms with Crippen LogP contribution in [-0.4, -0.2) is 48.2 Å². The van der Waals surface area contributed by atoms with Crippen LogP contribution in [0.4, 0.5) is 5.69 Å². The number of amides is 2. The molecule has 4 atom stereocenters. The minimum atomic E-state index is -0.623. The lowest BCUT2D eigenvalue weighted by atomic mass is 9.85. The minimum Gasteiger partial charge on any atom is -0.497 e. The average Bonchev–Trinajstić information content (AvgIpc) is 3.40. The van der Waals surface area contributed by atoms with Crippen LogP contribution in [0.2, 0.25) is 0 Å². The van der Waals surface area contributed by atoms with Gasteiger partial charge < -0.3 is 4.74 Å². The number of anilines is 1. The van der Waals surface area contributed by atoms with Gasteiger partial charge in [-0.25, -0.2) is 4.90 Å². The monoisotopic (exact) mass is 390 g/mol. The zero-order valence-corrected chi connectivity index (χ0v) is 16.2. The molecule has 0 saturated carbocycles. The maximum atomic E-state index is 13.4. The van der Waals surface area contributed by atoms with Gasteiger partial charge in [-0.2, -0.15) is 0 Å². The largest absolute Gasteiger partial charge is 0.497 e. The number of carbonyl (C=O) groups excluding carboxylic acids is 3. The Kier molecular flexibility index (Phi) is 4.24. The third-order valence-electron chi connectivity index (χ3n) is 6.51. The van der Waals surface area contributed by atoms with Gasteiger partial charge in [-0.15, -0.1) is 0 Å². The highest BCUT2D eigenvalue weighted by Gasteiger charge is 2.64. The summed E-state index contributed by atoms with van der Waals surface area (Å²) in [5.74, 6) is -0.943. The Morgan fingerprint density at radius 3 is 2.34 bits per heavy atom. The first-order valence-corrected chi connectivity index (χ1v) is 9.98. The summed E-state index contributed by atoms with van der Waals surface area (Å²) in [5.41, 5.74) is 1.12. The van der Waals surface area contributed by atoms with Crippen molar-refractivity contribution in [3.63, 3.8) is 0 Å². The number of methoxy groups -OCH3 is 1. The molecule has 2 amide bonds. The van der Waals surface area contributed by atoms with Crippen LogP contribution in [0.5, 0.6) is 5.75 Å². The molecular formula is C23H22N2O4. The molecule has 0 spiro atoms. The third-order valence-corrected chi connectivity index (χ3v) is 6.51. The molecule has 3 heterocycles. The number of imide groups is 1. The summed E-state index contributed by atoms with van der Waals surface area (Å²) in [6.45, 7) is 0.754. The van der Waals surface area contributed by atoms with Crippen LogP contribution in [0, 0.1) is 11.8 Å². The molecule has 0 N–H and O–H groups in total. The number of hydrogen-bond donors (Lipinski definition) is 0. The number of Topliss-reactive ketones (excluding diaryl/α,β-unsaturated/α-hetero) is 1. The van der Waals surface area contributed by atoms with E-state index in [-0.39, 0.29) is 23.6 Å². The lowest BCUT2D eigenvalue weighted by Gasteiger charge is -2.27. The SMILES string of the molecule is COc1ccc(N2C(=O)[C@@H]3[C@@H](C2=O)[C@@H]2CCCN2[C@@H]3C(=O)c2ccccc2)cc1. The van der Waals surface area contributed by atoms with E-state index < -0.39 is 17.9 Å². The standard InChI is InChI=1S/C23H22N2O4/c1-29-16-11-9-15(10-12-16)25-22(27)18-17-8-5-13-24(17)20(19(18)23(25)28)21(26)14-6-3-2-4-7-14/h2-4,6-7,9-12,17-20H,5,8,13H2,1H3/t17-,18-,19+,20-/m0/s1. The predicted octanol–water partition coefficient (Wildman–Crippen LogP) is 2.53. The van der Waals surface area contributed by atoms with Crippen molar-refractivity contribution in [2.75, 3.05) is 18.6 Å². The molecule has 0 bridgehead atoms. The van der Waals surface area contributed by atoms with Gasteiger partial charge >= 0.3 is 0 Å².